The van der Waals surface area contributed by atoms with E-state index in [-0.39, 0.29) is 47.3 Å². The summed E-state index contributed by atoms with van der Waals surface area (Å²) in [5, 5.41) is 26.5. The van der Waals surface area contributed by atoms with Crippen LogP contribution in [0.4, 0.5) is 10.1 Å². The van der Waals surface area contributed by atoms with E-state index in [2.05, 4.69) is 28.1 Å². The zero-order chi connectivity index (χ0) is 72.7. The first-order valence-corrected chi connectivity index (χ1v) is 38.8. The molecule has 1 saturated heterocycles. The van der Waals surface area contributed by atoms with Crippen LogP contribution in [0.5, 0.6) is 0 Å². The van der Waals surface area contributed by atoms with Crippen LogP contribution in [0, 0.1) is 11.7 Å². The van der Waals surface area contributed by atoms with E-state index < -0.39 is 0 Å². The average Bonchev–Trinajstić information content (AvgIpc) is 1.62. The summed E-state index contributed by atoms with van der Waals surface area (Å²) in [4.78, 5) is 40.4. The van der Waals surface area contributed by atoms with Crippen LogP contribution in [0.3, 0.4) is 0 Å². The van der Waals surface area contributed by atoms with Crippen LogP contribution in [0.2, 0.25) is 40.2 Å². The van der Waals surface area contributed by atoms with E-state index in [0.29, 0.717) is 63.9 Å². The van der Waals surface area contributed by atoms with E-state index in [0.717, 1.165) is 156 Å². The molecule has 3 N–H and O–H groups in total. The number of para-hydroxylation sites is 1. The van der Waals surface area contributed by atoms with E-state index in [9.17, 15) is 18.8 Å². The largest absolute Gasteiger partial charge is 0.353 e. The molecule has 5 aliphatic rings. The predicted octanol–water partition coefficient (Wildman–Crippen LogP) is 21.4. The van der Waals surface area contributed by atoms with Crippen molar-refractivity contribution in [3.05, 3.63) is 237 Å². The molecule has 2 fully saturated rings. The Balaban J connectivity index is 0.000000139. The summed E-state index contributed by atoms with van der Waals surface area (Å²) in [6.45, 7) is 3.93. The van der Waals surface area contributed by atoms with Crippen LogP contribution in [0.1, 0.15) is 155 Å². The van der Waals surface area contributed by atoms with E-state index in [1.807, 2.05) is 113 Å². The highest BCUT2D eigenvalue weighted by molar-refractivity contribution is 6.37. The van der Waals surface area contributed by atoms with Gasteiger partial charge >= 0.3 is 0 Å². The molecule has 10 aromatic rings. The SMILES string of the molecule is CN(NC(=O)C1CCCc2c1nn(-c1ccc(Cl)cc1Cl)c2-c1ccc(Cl)cc1)c1ccccc1.C[C@@H](NC(=O)C1CCCc2c1nn(-c1ccc(Cl)cc1Cl)c2-c1ccc(F)cc1)C1CCCCC1.O=C(NN1CCCCCC1)C1CCCc2c1nn(-c1ccc(Cl)cc1Cl)c2-c1ccc(Cl)cc1. The molecule has 3 unspecified atom stereocenters. The summed E-state index contributed by atoms with van der Waals surface area (Å²) in [7, 11) is 1.84. The van der Waals surface area contributed by atoms with Crippen molar-refractivity contribution in [3.63, 3.8) is 0 Å². The molecule has 0 spiro atoms. The second-order valence-corrected chi connectivity index (χ2v) is 30.9. The van der Waals surface area contributed by atoms with Gasteiger partial charge in [-0.15, -0.1) is 0 Å². The quantitative estimate of drug-likeness (QED) is 0.0912. The van der Waals surface area contributed by atoms with Crippen LogP contribution in [-0.4, -0.2) is 78.3 Å². The standard InChI is InChI=1S/C28H30Cl2FN3O.C27H23Cl3N4O.C26H27Cl3N4O/c1-17(18-6-3-2-4-7-18)32-28(35)23-9-5-8-22-26(23)33-34(25-15-12-20(29)16-24(25)30)27(22)19-10-13-21(31)14-11-19;1-33(20-6-3-2-4-7-20)32-27(35)22-9-5-8-21-25(22)31-34(24-15-14-19(29)16-23(24)30)26(21)17-10-12-18(28)13-11-17;27-18-10-8-17(9-11-18)25-20-6-5-7-21(26(34)31-32-14-3-1-2-4-15-32)24(20)30-33(25)23-13-12-19(28)16-22(23)29/h10-18,23H,2-9H2,1H3,(H,32,35);2-4,6-7,10-16,22H,5,8-9H2,1H3,(H,32,35);8-13,16,21H,1-7,14-15H2,(H,31,34)/t17-,23?;;/m1../s1. The number of benzene rings is 7. The predicted molar refractivity (Wildman–Crippen MR) is 419 cm³/mol. The lowest BCUT2D eigenvalue weighted by Crippen LogP contribution is -2.45. The number of carbonyl (C=O) groups excluding carboxylic acids is 3. The second-order valence-electron chi connectivity index (χ2n) is 27.5. The number of amides is 3. The number of rotatable bonds is 14. The number of carbonyl (C=O) groups is 3. The molecule has 7 aromatic carbocycles. The fourth-order valence-electron chi connectivity index (χ4n) is 15.3. The molecule has 1 aliphatic heterocycles. The topological polar surface area (TPSA) is 147 Å². The summed E-state index contributed by atoms with van der Waals surface area (Å²) in [6.07, 6.45) is 18.2. The Bertz CT molecular complexity index is 4710. The van der Waals surface area contributed by atoms with Crippen molar-refractivity contribution in [2.75, 3.05) is 25.1 Å². The third-order valence-corrected chi connectivity index (χ3v) is 22.6. The minimum absolute atomic E-state index is 0.0253. The fourth-order valence-corrected chi connectivity index (χ4v) is 17.0. The summed E-state index contributed by atoms with van der Waals surface area (Å²) in [6, 6.07) is 47.6. The maximum atomic E-state index is 13.7. The van der Waals surface area contributed by atoms with Crippen LogP contribution in [0.25, 0.3) is 50.8 Å². The molecular weight excluding hydrogens is 1480 g/mol. The molecule has 4 heterocycles. The molecule has 4 atom stereocenters. The molecule has 4 aliphatic carbocycles. The Morgan fingerprint density at radius 3 is 1.23 bits per heavy atom. The molecule has 540 valence electrons. The van der Waals surface area contributed by atoms with Gasteiger partial charge in [0, 0.05) is 84.7 Å². The smallest absolute Gasteiger partial charge is 0.247 e. The van der Waals surface area contributed by atoms with Crippen LogP contribution < -0.4 is 21.2 Å². The minimum Gasteiger partial charge on any atom is -0.353 e. The lowest BCUT2D eigenvalue weighted by atomic mass is 9.83. The zero-order valence-corrected chi connectivity index (χ0v) is 63.8. The van der Waals surface area contributed by atoms with Crippen molar-refractivity contribution in [2.24, 2.45) is 5.92 Å². The number of hydrazine groups is 2. The van der Waals surface area contributed by atoms with Gasteiger partial charge in [-0.1, -0.05) is 167 Å². The molecule has 15 rings (SSSR count). The average molecular weight is 1560 g/mol. The molecule has 14 nitrogen and oxygen atoms in total. The molecule has 1 saturated carbocycles. The lowest BCUT2D eigenvalue weighted by Gasteiger charge is -2.30. The van der Waals surface area contributed by atoms with E-state index in [1.165, 1.54) is 57.1 Å². The first kappa shape index (κ1) is 74.8. The van der Waals surface area contributed by atoms with Crippen LogP contribution >= 0.6 is 92.8 Å². The molecule has 0 radical (unpaired) electrons. The van der Waals surface area contributed by atoms with Crippen molar-refractivity contribution < 1.29 is 18.8 Å². The third kappa shape index (κ3) is 17.0. The number of fused-ring (bicyclic) bond motifs is 3. The fraction of sp³-hybridized carbons (Fsp3) is 0.333. The minimum atomic E-state index is -0.386. The highest BCUT2D eigenvalue weighted by Gasteiger charge is 2.38. The Morgan fingerprint density at radius 2 is 0.817 bits per heavy atom. The van der Waals surface area contributed by atoms with E-state index in [4.69, 9.17) is 108 Å². The van der Waals surface area contributed by atoms with Crippen LogP contribution in [-0.2, 0) is 33.6 Å². The van der Waals surface area contributed by atoms with Gasteiger partial charge in [0.25, 0.3) is 0 Å². The zero-order valence-electron chi connectivity index (χ0n) is 57.7. The Hall–Kier alpha value is -7.41. The molecule has 3 aromatic heterocycles. The summed E-state index contributed by atoms with van der Waals surface area (Å²) in [5.74, 6) is -0.793. The normalized spacial score (nSPS) is 17.7. The monoisotopic (exact) mass is 1550 g/mol. The summed E-state index contributed by atoms with van der Waals surface area (Å²) in [5.41, 5.74) is 20.3. The van der Waals surface area contributed by atoms with E-state index >= 15 is 0 Å². The third-order valence-electron chi connectivity index (χ3n) is 20.5. The summed E-state index contributed by atoms with van der Waals surface area (Å²) >= 11 is 50.6. The van der Waals surface area contributed by atoms with Gasteiger partial charge in [-0.25, -0.2) is 23.4 Å². The first-order chi connectivity index (χ1) is 50.3. The van der Waals surface area contributed by atoms with Gasteiger partial charge in [0.2, 0.25) is 17.7 Å². The number of hydrogen-bond acceptors (Lipinski definition) is 8. The highest BCUT2D eigenvalue weighted by Crippen LogP contribution is 2.45. The van der Waals surface area contributed by atoms with Crippen LogP contribution in [0.15, 0.2) is 158 Å². The first-order valence-electron chi connectivity index (χ1n) is 35.8. The number of hydrogen-bond donors (Lipinski definition) is 3. The van der Waals surface area contributed by atoms with Crippen molar-refractivity contribution in [1.29, 1.82) is 0 Å². The van der Waals surface area contributed by atoms with Gasteiger partial charge in [-0.2, -0.15) is 15.3 Å². The van der Waals surface area contributed by atoms with Gasteiger partial charge in [0.1, 0.15) is 5.82 Å². The van der Waals surface area contributed by atoms with Crippen molar-refractivity contribution in [2.45, 2.75) is 146 Å². The number of aromatic nitrogens is 6. The number of anilines is 1. The molecule has 104 heavy (non-hydrogen) atoms. The molecule has 3 amide bonds. The number of halogens is 9. The highest BCUT2D eigenvalue weighted by atomic mass is 35.5. The Morgan fingerprint density at radius 1 is 0.442 bits per heavy atom. The van der Waals surface area contributed by atoms with E-state index in [1.54, 1.807) is 58.2 Å². The number of nitrogens with one attached hydrogen (secondary N) is 3. The van der Waals surface area contributed by atoms with Gasteiger partial charge in [-0.05, 0) is 212 Å². The maximum Gasteiger partial charge on any atom is 0.247 e. The Labute approximate surface area is 646 Å². The van der Waals surface area contributed by atoms with Gasteiger partial charge < -0.3 is 5.32 Å². The summed E-state index contributed by atoms with van der Waals surface area (Å²) < 4.78 is 19.2. The van der Waals surface area contributed by atoms with Gasteiger partial charge in [0.15, 0.2) is 0 Å². The lowest BCUT2D eigenvalue weighted by molar-refractivity contribution is -0.128. The Kier molecular flexibility index (Phi) is 24.5. The maximum absolute atomic E-state index is 13.7. The molecule has 0 bridgehead atoms. The molecular formula is C81H80Cl8FN11O3. The van der Waals surface area contributed by atoms with Crippen molar-refractivity contribution in [3.8, 4) is 50.8 Å². The van der Waals surface area contributed by atoms with Gasteiger partial charge in [-0.3, -0.25) is 30.2 Å². The van der Waals surface area contributed by atoms with Crippen molar-refractivity contribution in [1.82, 2.24) is 50.5 Å². The molecule has 23 heteroatoms. The number of nitrogens with zero attached hydrogens (tertiary/aromatic N) is 8. The van der Waals surface area contributed by atoms with Crippen molar-refractivity contribution >= 4 is 116 Å². The van der Waals surface area contributed by atoms with Gasteiger partial charge in [0.05, 0.1) is 89.7 Å². The second kappa shape index (κ2) is 34.0.